The van der Waals surface area contributed by atoms with Crippen LogP contribution in [-0.4, -0.2) is 5.78 Å². The van der Waals surface area contributed by atoms with Gasteiger partial charge in [0.2, 0.25) is 0 Å². The molecule has 1 nitrogen and oxygen atoms in total. The van der Waals surface area contributed by atoms with Crippen molar-refractivity contribution in [2.24, 2.45) is 16.7 Å². The first kappa shape index (κ1) is 8.03. The van der Waals surface area contributed by atoms with Crippen LogP contribution in [0.15, 0.2) is 12.7 Å². The van der Waals surface area contributed by atoms with Crippen molar-refractivity contribution in [2.75, 3.05) is 0 Å². The highest BCUT2D eigenvalue weighted by atomic mass is 16.1. The van der Waals surface area contributed by atoms with Gasteiger partial charge in [-0.25, -0.2) is 0 Å². The monoisotopic (exact) mass is 164 g/mol. The van der Waals surface area contributed by atoms with Gasteiger partial charge in [-0.2, -0.15) is 0 Å². The molecule has 0 aromatic rings. The molecule has 2 atom stereocenters. The minimum absolute atomic E-state index is 0.0769. The lowest BCUT2D eigenvalue weighted by Crippen LogP contribution is -2.35. The molecule has 2 saturated carbocycles. The summed E-state index contributed by atoms with van der Waals surface area (Å²) in [6, 6.07) is 0. The number of rotatable bonds is 1. The second-order valence-electron chi connectivity index (χ2n) is 4.85. The maximum absolute atomic E-state index is 12.0. The largest absolute Gasteiger partial charge is 0.298 e. The lowest BCUT2D eigenvalue weighted by Gasteiger charge is -2.31. The van der Waals surface area contributed by atoms with E-state index in [0.717, 1.165) is 12.8 Å². The minimum atomic E-state index is -0.131. The Morgan fingerprint density at radius 2 is 2.25 bits per heavy atom. The lowest BCUT2D eigenvalue weighted by atomic mass is 9.71. The van der Waals surface area contributed by atoms with Crippen LogP contribution in [0.5, 0.6) is 0 Å². The molecule has 0 aromatic carbocycles. The Morgan fingerprint density at radius 1 is 1.58 bits per heavy atom. The van der Waals surface area contributed by atoms with Crippen molar-refractivity contribution in [1.82, 2.24) is 0 Å². The van der Waals surface area contributed by atoms with Crippen molar-refractivity contribution in [1.29, 1.82) is 0 Å². The van der Waals surface area contributed by atoms with Gasteiger partial charge in [-0.15, -0.1) is 6.58 Å². The molecule has 1 heteroatoms. The van der Waals surface area contributed by atoms with E-state index in [2.05, 4.69) is 20.4 Å². The van der Waals surface area contributed by atoms with Crippen LogP contribution >= 0.6 is 0 Å². The van der Waals surface area contributed by atoms with E-state index in [9.17, 15) is 4.79 Å². The van der Waals surface area contributed by atoms with Crippen LogP contribution in [-0.2, 0) is 4.79 Å². The number of hydrogen-bond acceptors (Lipinski definition) is 1. The van der Waals surface area contributed by atoms with E-state index >= 15 is 0 Å². The molecule has 0 N–H and O–H groups in total. The maximum Gasteiger partial charge on any atom is 0.148 e. The predicted molar refractivity (Wildman–Crippen MR) is 48.8 cm³/mol. The summed E-state index contributed by atoms with van der Waals surface area (Å²) in [6.45, 7) is 7.98. The van der Waals surface area contributed by atoms with E-state index in [1.54, 1.807) is 0 Å². The summed E-state index contributed by atoms with van der Waals surface area (Å²) in [5.74, 6) is 1.05. The summed E-state index contributed by atoms with van der Waals surface area (Å²) in [4.78, 5) is 12.0. The highest BCUT2D eigenvalue weighted by Gasteiger charge is 2.59. The molecule has 0 aromatic heterocycles. The molecule has 2 bridgehead atoms. The Bertz CT molecular complexity index is 252. The molecule has 2 aliphatic carbocycles. The summed E-state index contributed by atoms with van der Waals surface area (Å²) >= 11 is 0. The normalized spacial score (nSPS) is 43.5. The molecular formula is C11H16O. The van der Waals surface area contributed by atoms with Gasteiger partial charge in [0.1, 0.15) is 5.78 Å². The van der Waals surface area contributed by atoms with E-state index in [1.807, 2.05) is 6.08 Å². The molecule has 12 heavy (non-hydrogen) atoms. The molecule has 2 rings (SSSR count). The van der Waals surface area contributed by atoms with Crippen LogP contribution < -0.4 is 0 Å². The zero-order valence-electron chi connectivity index (χ0n) is 7.89. The van der Waals surface area contributed by atoms with Gasteiger partial charge in [0.15, 0.2) is 0 Å². The Kier molecular flexibility index (Phi) is 1.35. The Labute approximate surface area is 73.8 Å². The van der Waals surface area contributed by atoms with Gasteiger partial charge >= 0.3 is 0 Å². The van der Waals surface area contributed by atoms with Crippen LogP contribution in [0, 0.1) is 16.7 Å². The minimum Gasteiger partial charge on any atom is -0.298 e. The molecule has 66 valence electrons. The maximum atomic E-state index is 12.0. The summed E-state index contributed by atoms with van der Waals surface area (Å²) in [7, 11) is 0. The van der Waals surface area contributed by atoms with Crippen LogP contribution in [0.1, 0.15) is 33.1 Å². The summed E-state index contributed by atoms with van der Waals surface area (Å²) < 4.78 is 0. The van der Waals surface area contributed by atoms with Crippen LogP contribution in [0.2, 0.25) is 0 Å². The number of carbonyl (C=O) groups excluding carboxylic acids is 1. The second kappa shape index (κ2) is 2.01. The van der Waals surface area contributed by atoms with E-state index < -0.39 is 0 Å². The summed E-state index contributed by atoms with van der Waals surface area (Å²) in [6.07, 6.45) is 5.21. The Hall–Kier alpha value is -0.590. The fraction of sp³-hybridized carbons (Fsp3) is 0.727. The number of carbonyl (C=O) groups is 1. The van der Waals surface area contributed by atoms with Gasteiger partial charge in [0, 0.05) is 10.8 Å². The van der Waals surface area contributed by atoms with Gasteiger partial charge in [0.05, 0.1) is 0 Å². The SMILES string of the molecule is C=CC12CCC(C1)C(C)(C)C2=O. The molecule has 0 amide bonds. The molecule has 0 saturated heterocycles. The standard InChI is InChI=1S/C11H16O/c1-4-11-6-5-8(7-11)10(2,3)9(11)12/h4,8H,1,5-7H2,2-3H3. The molecule has 0 aliphatic heterocycles. The van der Waals surface area contributed by atoms with Crippen molar-refractivity contribution in [3.8, 4) is 0 Å². The number of hydrogen-bond donors (Lipinski definition) is 0. The highest BCUT2D eigenvalue weighted by molar-refractivity contribution is 5.94. The molecule has 2 aliphatic rings. The third kappa shape index (κ3) is 0.675. The zero-order chi connectivity index (χ0) is 8.98. The molecular weight excluding hydrogens is 148 g/mol. The first-order valence-electron chi connectivity index (χ1n) is 4.71. The fourth-order valence-electron chi connectivity index (χ4n) is 3.00. The van der Waals surface area contributed by atoms with Gasteiger partial charge < -0.3 is 0 Å². The summed E-state index contributed by atoms with van der Waals surface area (Å²) in [5, 5.41) is 0. The van der Waals surface area contributed by atoms with Crippen LogP contribution in [0.3, 0.4) is 0 Å². The van der Waals surface area contributed by atoms with Crippen LogP contribution in [0.4, 0.5) is 0 Å². The number of Topliss-reactive ketones (excluding diaryl/α,β-unsaturated/α-hetero) is 1. The first-order valence-corrected chi connectivity index (χ1v) is 4.71. The van der Waals surface area contributed by atoms with Crippen molar-refractivity contribution < 1.29 is 4.79 Å². The summed E-state index contributed by atoms with van der Waals surface area (Å²) in [5.41, 5.74) is -0.208. The molecule has 0 spiro atoms. The van der Waals surface area contributed by atoms with Crippen LogP contribution in [0.25, 0.3) is 0 Å². The lowest BCUT2D eigenvalue weighted by molar-refractivity contribution is -0.133. The smallest absolute Gasteiger partial charge is 0.148 e. The third-order valence-electron chi connectivity index (χ3n) is 4.00. The Morgan fingerprint density at radius 3 is 2.58 bits per heavy atom. The number of allylic oxidation sites excluding steroid dienone is 1. The number of ketones is 1. The third-order valence-corrected chi connectivity index (χ3v) is 4.00. The van der Waals surface area contributed by atoms with E-state index in [0.29, 0.717) is 11.7 Å². The average Bonchev–Trinajstić information content (AvgIpc) is 2.53. The van der Waals surface area contributed by atoms with Crippen molar-refractivity contribution in [3.63, 3.8) is 0 Å². The molecule has 2 fully saturated rings. The van der Waals surface area contributed by atoms with Gasteiger partial charge in [-0.3, -0.25) is 4.79 Å². The fourth-order valence-corrected chi connectivity index (χ4v) is 3.00. The second-order valence-corrected chi connectivity index (χ2v) is 4.85. The van der Waals surface area contributed by atoms with Crippen molar-refractivity contribution in [2.45, 2.75) is 33.1 Å². The van der Waals surface area contributed by atoms with Crippen molar-refractivity contribution >= 4 is 5.78 Å². The first-order chi connectivity index (χ1) is 5.53. The van der Waals surface area contributed by atoms with E-state index in [1.165, 1.54) is 6.42 Å². The quantitative estimate of drug-likeness (QED) is 0.544. The highest BCUT2D eigenvalue weighted by Crippen LogP contribution is 2.60. The van der Waals surface area contributed by atoms with Gasteiger partial charge in [0.25, 0.3) is 0 Å². The zero-order valence-corrected chi connectivity index (χ0v) is 7.89. The van der Waals surface area contributed by atoms with E-state index in [-0.39, 0.29) is 10.8 Å². The molecule has 2 unspecified atom stereocenters. The van der Waals surface area contributed by atoms with E-state index in [4.69, 9.17) is 0 Å². The number of fused-ring (bicyclic) bond motifs is 2. The van der Waals surface area contributed by atoms with Crippen molar-refractivity contribution in [3.05, 3.63) is 12.7 Å². The molecule has 0 heterocycles. The predicted octanol–water partition coefficient (Wildman–Crippen LogP) is 2.57. The van der Waals surface area contributed by atoms with Gasteiger partial charge in [-0.1, -0.05) is 19.9 Å². The van der Waals surface area contributed by atoms with Gasteiger partial charge in [-0.05, 0) is 25.2 Å². The molecule has 0 radical (unpaired) electrons. The average molecular weight is 164 g/mol. The Balaban J connectivity index is 2.44. The topological polar surface area (TPSA) is 17.1 Å².